The molecule has 1 aromatic carbocycles. The average Bonchev–Trinajstić information content (AvgIpc) is 2.47. The summed E-state index contributed by atoms with van der Waals surface area (Å²) in [7, 11) is -2.61. The highest BCUT2D eigenvalue weighted by Crippen LogP contribution is 2.24. The number of carbonyl (C=O) groups excluding carboxylic acids is 2. The van der Waals surface area contributed by atoms with Crippen molar-refractivity contribution in [3.05, 3.63) is 24.3 Å². The van der Waals surface area contributed by atoms with Gasteiger partial charge in [0.15, 0.2) is 14.6 Å². The predicted octanol–water partition coefficient (Wildman–Crippen LogP) is 1.39. The minimum atomic E-state index is -4.05. The van der Waals surface area contributed by atoms with Crippen LogP contribution in [0.4, 0.5) is 5.69 Å². The molecule has 7 nitrogen and oxygen atoms in total. The lowest BCUT2D eigenvalue weighted by molar-refractivity contribution is -0.145. The van der Waals surface area contributed by atoms with Crippen molar-refractivity contribution in [2.45, 2.75) is 25.5 Å². The lowest BCUT2D eigenvalue weighted by Crippen LogP contribution is -2.45. The van der Waals surface area contributed by atoms with Crippen LogP contribution in [-0.4, -0.2) is 44.5 Å². The first kappa shape index (κ1) is 19.0. The van der Waals surface area contributed by atoms with E-state index in [0.717, 1.165) is 0 Å². The Labute approximate surface area is 135 Å². The molecule has 0 saturated carbocycles. The second kappa shape index (κ2) is 7.45. The van der Waals surface area contributed by atoms with Gasteiger partial charge in [0, 0.05) is 0 Å². The van der Waals surface area contributed by atoms with Gasteiger partial charge in [-0.2, -0.15) is 0 Å². The number of amides is 1. The number of ether oxygens (including phenoxy) is 2. The number of carbonyl (C=O) groups is 2. The molecule has 0 saturated heterocycles. The van der Waals surface area contributed by atoms with E-state index in [2.05, 4.69) is 5.32 Å². The zero-order chi connectivity index (χ0) is 17.7. The maximum Gasteiger partial charge on any atom is 0.326 e. The first-order valence-corrected chi connectivity index (χ1v) is 8.63. The number of esters is 1. The predicted molar refractivity (Wildman–Crippen MR) is 86.1 cm³/mol. The maximum atomic E-state index is 12.3. The van der Waals surface area contributed by atoms with E-state index in [0.29, 0.717) is 11.4 Å². The van der Waals surface area contributed by atoms with Crippen LogP contribution in [0.2, 0.25) is 0 Å². The van der Waals surface area contributed by atoms with Crippen LogP contribution in [0.15, 0.2) is 24.3 Å². The molecular weight excluding hydrogens is 322 g/mol. The Morgan fingerprint density at radius 3 is 2.39 bits per heavy atom. The Morgan fingerprint density at radius 1 is 1.22 bits per heavy atom. The van der Waals surface area contributed by atoms with Crippen molar-refractivity contribution in [1.29, 1.82) is 0 Å². The van der Waals surface area contributed by atoms with E-state index in [4.69, 9.17) is 9.47 Å². The summed E-state index contributed by atoms with van der Waals surface area (Å²) >= 11 is 0. The molecule has 1 amide bonds. The molecule has 0 spiro atoms. The number of benzene rings is 1. The fourth-order valence-electron chi connectivity index (χ4n) is 1.72. The maximum absolute atomic E-state index is 12.3. The van der Waals surface area contributed by atoms with Gasteiger partial charge in [0.25, 0.3) is 0 Å². The number of anilines is 1. The lowest BCUT2D eigenvalue weighted by Gasteiger charge is -2.22. The Kier molecular flexibility index (Phi) is 6.14. The van der Waals surface area contributed by atoms with Crippen LogP contribution in [0.1, 0.15) is 20.8 Å². The highest BCUT2D eigenvalue weighted by molar-refractivity contribution is 7.94. The number of nitrogens with one attached hydrogen (secondary N) is 1. The molecule has 0 fully saturated rings. The molecule has 0 atom stereocenters. The lowest BCUT2D eigenvalue weighted by atomic mass is 10.2. The molecule has 128 valence electrons. The molecule has 0 unspecified atom stereocenters. The molecule has 0 aliphatic rings. The van der Waals surface area contributed by atoms with E-state index in [1.165, 1.54) is 21.0 Å². The molecule has 0 heterocycles. The van der Waals surface area contributed by atoms with E-state index < -0.39 is 32.2 Å². The number of hydrogen-bond donors (Lipinski definition) is 1. The quantitative estimate of drug-likeness (QED) is 0.751. The average molecular weight is 343 g/mol. The minimum absolute atomic E-state index is 0.0607. The van der Waals surface area contributed by atoms with Gasteiger partial charge < -0.3 is 14.8 Å². The van der Waals surface area contributed by atoms with E-state index in [-0.39, 0.29) is 6.61 Å². The van der Waals surface area contributed by atoms with Crippen molar-refractivity contribution in [3.63, 3.8) is 0 Å². The number of sulfone groups is 1. The van der Waals surface area contributed by atoms with Crippen molar-refractivity contribution in [1.82, 2.24) is 0 Å². The molecule has 0 bridgehead atoms. The summed E-state index contributed by atoms with van der Waals surface area (Å²) in [6.07, 6.45) is 0. The zero-order valence-corrected chi connectivity index (χ0v) is 14.4. The first-order chi connectivity index (χ1) is 10.7. The highest BCUT2D eigenvalue weighted by Gasteiger charge is 2.44. The van der Waals surface area contributed by atoms with Crippen LogP contribution < -0.4 is 10.1 Å². The summed E-state index contributed by atoms with van der Waals surface area (Å²) in [5, 5.41) is 2.47. The molecule has 0 radical (unpaired) electrons. The van der Waals surface area contributed by atoms with Crippen LogP contribution in [0.5, 0.6) is 5.75 Å². The smallest absolute Gasteiger partial charge is 0.326 e. The summed E-state index contributed by atoms with van der Waals surface area (Å²) in [5.41, 5.74) is 0.351. The zero-order valence-electron chi connectivity index (χ0n) is 13.6. The van der Waals surface area contributed by atoms with E-state index in [1.807, 2.05) is 0 Å². The van der Waals surface area contributed by atoms with Gasteiger partial charge in [0.05, 0.1) is 19.4 Å². The molecule has 1 N–H and O–H groups in total. The van der Waals surface area contributed by atoms with Gasteiger partial charge in [-0.15, -0.1) is 0 Å². The van der Waals surface area contributed by atoms with E-state index >= 15 is 0 Å². The molecule has 0 aliphatic carbocycles. The van der Waals surface area contributed by atoms with Crippen molar-refractivity contribution < 1.29 is 27.5 Å². The fraction of sp³-hybridized carbons (Fsp3) is 0.467. The summed E-state index contributed by atoms with van der Waals surface area (Å²) in [6, 6.07) is 6.61. The van der Waals surface area contributed by atoms with Gasteiger partial charge in [0.2, 0.25) is 5.91 Å². The molecule has 23 heavy (non-hydrogen) atoms. The monoisotopic (exact) mass is 343 g/mol. The number of hydrogen-bond acceptors (Lipinski definition) is 6. The fourth-order valence-corrected chi connectivity index (χ4v) is 2.81. The van der Waals surface area contributed by atoms with Crippen LogP contribution in [0, 0.1) is 0 Å². The van der Waals surface area contributed by atoms with Gasteiger partial charge in [-0.3, -0.25) is 9.59 Å². The second-order valence-corrected chi connectivity index (χ2v) is 7.78. The third-order valence-corrected chi connectivity index (χ3v) is 5.61. The van der Waals surface area contributed by atoms with Gasteiger partial charge in [-0.25, -0.2) is 8.42 Å². The molecule has 0 aliphatic heterocycles. The highest BCUT2D eigenvalue weighted by atomic mass is 32.2. The van der Waals surface area contributed by atoms with Crippen LogP contribution >= 0.6 is 0 Å². The van der Waals surface area contributed by atoms with Crippen molar-refractivity contribution in [2.24, 2.45) is 0 Å². The van der Waals surface area contributed by atoms with Crippen molar-refractivity contribution in [2.75, 3.05) is 24.8 Å². The normalized spacial score (nSPS) is 11.7. The molecule has 1 aromatic rings. The summed E-state index contributed by atoms with van der Waals surface area (Å²) in [4.78, 5) is 23.8. The van der Waals surface area contributed by atoms with Gasteiger partial charge in [0.1, 0.15) is 11.5 Å². The van der Waals surface area contributed by atoms with Gasteiger partial charge in [-0.1, -0.05) is 12.1 Å². The van der Waals surface area contributed by atoms with Crippen LogP contribution in [0.3, 0.4) is 0 Å². The number of methoxy groups -OCH3 is 1. The molecular formula is C15H21NO6S. The Morgan fingerprint density at radius 2 is 1.83 bits per heavy atom. The van der Waals surface area contributed by atoms with Crippen molar-refractivity contribution >= 4 is 27.4 Å². The Balaban J connectivity index is 2.89. The number of rotatable bonds is 7. The molecule has 8 heteroatoms. The van der Waals surface area contributed by atoms with Crippen molar-refractivity contribution in [3.8, 4) is 5.75 Å². The summed E-state index contributed by atoms with van der Waals surface area (Å²) < 4.78 is 32.7. The number of para-hydroxylation sites is 2. The SMILES string of the molecule is CCOC(=O)C(C)(C)S(=O)(=O)CC(=O)Nc1ccccc1OC. The first-order valence-electron chi connectivity index (χ1n) is 6.98. The van der Waals surface area contributed by atoms with Gasteiger partial charge >= 0.3 is 5.97 Å². The summed E-state index contributed by atoms with van der Waals surface area (Å²) in [5.74, 6) is -2.07. The Bertz CT molecular complexity index is 681. The summed E-state index contributed by atoms with van der Waals surface area (Å²) in [6.45, 7) is 4.08. The third kappa shape index (κ3) is 4.44. The topological polar surface area (TPSA) is 98.8 Å². The second-order valence-electron chi connectivity index (χ2n) is 5.24. The minimum Gasteiger partial charge on any atom is -0.495 e. The standard InChI is InChI=1S/C15H21NO6S/c1-5-22-14(18)15(2,3)23(19,20)10-13(17)16-11-8-6-7-9-12(11)21-4/h6-9H,5,10H2,1-4H3,(H,16,17). The molecule has 1 rings (SSSR count). The van der Waals surface area contributed by atoms with Crippen LogP contribution in [0.25, 0.3) is 0 Å². The van der Waals surface area contributed by atoms with Crippen LogP contribution in [-0.2, 0) is 24.2 Å². The van der Waals surface area contributed by atoms with E-state index in [9.17, 15) is 18.0 Å². The van der Waals surface area contributed by atoms with E-state index in [1.54, 1.807) is 31.2 Å². The van der Waals surface area contributed by atoms with Gasteiger partial charge in [-0.05, 0) is 32.9 Å². The molecule has 0 aromatic heterocycles. The largest absolute Gasteiger partial charge is 0.495 e. The third-order valence-electron chi connectivity index (χ3n) is 3.25. The Hall–Kier alpha value is -2.09.